The summed E-state index contributed by atoms with van der Waals surface area (Å²) in [5.74, 6) is 1.46. The van der Waals surface area contributed by atoms with Gasteiger partial charge in [-0.1, -0.05) is 12.1 Å². The number of nitrogens with one attached hydrogen (secondary N) is 1. The van der Waals surface area contributed by atoms with E-state index in [1.165, 1.54) is 25.9 Å². The number of hydrogen-bond donors (Lipinski definition) is 1. The van der Waals surface area contributed by atoms with Crippen LogP contribution in [0.3, 0.4) is 0 Å². The molecule has 0 saturated carbocycles. The number of ether oxygens (including phenoxy) is 1. The molecule has 3 aliphatic heterocycles. The fraction of sp³-hybridized carbons (Fsp3) is 0.450. The lowest BCUT2D eigenvalue weighted by molar-refractivity contribution is 0.0616. The van der Waals surface area contributed by atoms with Crippen LogP contribution in [0.25, 0.3) is 11.3 Å². The molecule has 0 radical (unpaired) electrons. The van der Waals surface area contributed by atoms with Crippen molar-refractivity contribution in [2.24, 2.45) is 13.0 Å². The SMILES string of the molecule is COc1ccccc1-c1ccc(C(=O)N[C@H]2CN3CCC2CC3)n1C. The van der Waals surface area contributed by atoms with Gasteiger partial charge in [0.25, 0.3) is 5.91 Å². The lowest BCUT2D eigenvalue weighted by Gasteiger charge is -2.44. The lowest BCUT2D eigenvalue weighted by Crippen LogP contribution is -2.57. The van der Waals surface area contributed by atoms with Gasteiger partial charge in [-0.25, -0.2) is 0 Å². The third kappa shape index (κ3) is 2.93. The molecule has 1 aromatic heterocycles. The van der Waals surface area contributed by atoms with Gasteiger partial charge in [-0.2, -0.15) is 0 Å². The first-order valence-corrected chi connectivity index (χ1v) is 8.99. The number of nitrogens with zero attached hydrogens (tertiary/aromatic N) is 2. The summed E-state index contributed by atoms with van der Waals surface area (Å²) < 4.78 is 7.41. The highest BCUT2D eigenvalue weighted by Gasteiger charge is 2.35. The molecule has 3 aliphatic rings. The molecule has 5 heteroatoms. The maximum absolute atomic E-state index is 12.8. The quantitative estimate of drug-likeness (QED) is 0.931. The Bertz CT molecular complexity index is 775. The molecule has 3 fully saturated rings. The molecule has 1 atom stereocenters. The fourth-order valence-electron chi connectivity index (χ4n) is 4.24. The maximum atomic E-state index is 12.8. The largest absolute Gasteiger partial charge is 0.496 e. The molecule has 4 heterocycles. The Balaban J connectivity index is 1.55. The Morgan fingerprint density at radius 3 is 2.60 bits per heavy atom. The normalized spacial score (nSPS) is 25.0. The van der Waals surface area contributed by atoms with Crippen molar-refractivity contribution in [1.82, 2.24) is 14.8 Å². The van der Waals surface area contributed by atoms with E-state index in [1.807, 2.05) is 48.0 Å². The molecule has 0 spiro atoms. The fourth-order valence-corrected chi connectivity index (χ4v) is 4.24. The molecule has 1 amide bonds. The number of rotatable bonds is 4. The van der Waals surface area contributed by atoms with Crippen LogP contribution in [0, 0.1) is 5.92 Å². The average Bonchev–Trinajstić information content (AvgIpc) is 3.04. The maximum Gasteiger partial charge on any atom is 0.268 e. The molecule has 0 unspecified atom stereocenters. The van der Waals surface area contributed by atoms with Crippen molar-refractivity contribution in [3.05, 3.63) is 42.1 Å². The monoisotopic (exact) mass is 339 g/mol. The first-order chi connectivity index (χ1) is 12.2. The predicted octanol–water partition coefficient (Wildman–Crippen LogP) is 2.52. The van der Waals surface area contributed by atoms with Crippen molar-refractivity contribution < 1.29 is 9.53 Å². The van der Waals surface area contributed by atoms with Crippen molar-refractivity contribution in [2.75, 3.05) is 26.7 Å². The van der Waals surface area contributed by atoms with Gasteiger partial charge in [0.2, 0.25) is 0 Å². The highest BCUT2D eigenvalue weighted by Crippen LogP contribution is 2.31. The Kier molecular flexibility index (Phi) is 4.25. The summed E-state index contributed by atoms with van der Waals surface area (Å²) >= 11 is 0. The molecule has 132 valence electrons. The summed E-state index contributed by atoms with van der Waals surface area (Å²) in [4.78, 5) is 15.3. The summed E-state index contributed by atoms with van der Waals surface area (Å²) in [7, 11) is 3.61. The van der Waals surface area contributed by atoms with Gasteiger partial charge in [0.15, 0.2) is 0 Å². The van der Waals surface area contributed by atoms with E-state index in [1.54, 1.807) is 7.11 Å². The highest BCUT2D eigenvalue weighted by molar-refractivity contribution is 5.94. The van der Waals surface area contributed by atoms with Crippen LogP contribution in [0.2, 0.25) is 0 Å². The molecule has 1 N–H and O–H groups in total. The topological polar surface area (TPSA) is 46.5 Å². The van der Waals surface area contributed by atoms with Crippen LogP contribution in [-0.4, -0.2) is 48.2 Å². The standard InChI is InChI=1S/C20H25N3O2/c1-22-17(15-5-3-4-6-19(15)25-2)7-8-18(22)20(24)21-16-13-23-11-9-14(16)10-12-23/h3-8,14,16H,9-13H2,1-2H3,(H,21,24)/t16-/m0/s1. The van der Waals surface area contributed by atoms with Crippen molar-refractivity contribution in [2.45, 2.75) is 18.9 Å². The number of piperidine rings is 3. The first-order valence-electron chi connectivity index (χ1n) is 8.99. The third-order valence-electron chi connectivity index (χ3n) is 5.71. The molecule has 0 aliphatic carbocycles. The average molecular weight is 339 g/mol. The Hall–Kier alpha value is -2.27. The van der Waals surface area contributed by atoms with Crippen LogP contribution >= 0.6 is 0 Å². The van der Waals surface area contributed by atoms with Crippen molar-refractivity contribution in [1.29, 1.82) is 0 Å². The van der Waals surface area contributed by atoms with Crippen LogP contribution in [0.5, 0.6) is 5.75 Å². The van der Waals surface area contributed by atoms with Crippen LogP contribution in [0.4, 0.5) is 0 Å². The van der Waals surface area contributed by atoms with Crippen molar-refractivity contribution in [3.63, 3.8) is 0 Å². The van der Waals surface area contributed by atoms with E-state index >= 15 is 0 Å². The molecule has 3 saturated heterocycles. The van der Waals surface area contributed by atoms with Crippen LogP contribution < -0.4 is 10.1 Å². The van der Waals surface area contributed by atoms with E-state index in [-0.39, 0.29) is 11.9 Å². The van der Waals surface area contributed by atoms with Crippen molar-refractivity contribution in [3.8, 4) is 17.0 Å². The van der Waals surface area contributed by atoms with Gasteiger partial charge < -0.3 is 19.5 Å². The van der Waals surface area contributed by atoms with E-state index in [4.69, 9.17) is 4.74 Å². The number of aromatic nitrogens is 1. The molecule has 1 aromatic carbocycles. The number of para-hydroxylation sites is 1. The van der Waals surface area contributed by atoms with Crippen LogP contribution in [0.1, 0.15) is 23.3 Å². The number of benzene rings is 1. The van der Waals surface area contributed by atoms with Gasteiger partial charge >= 0.3 is 0 Å². The summed E-state index contributed by atoms with van der Waals surface area (Å²) in [6, 6.07) is 12.1. The summed E-state index contributed by atoms with van der Waals surface area (Å²) in [6.07, 6.45) is 2.40. The lowest BCUT2D eigenvalue weighted by atomic mass is 9.84. The number of carbonyl (C=O) groups excluding carboxylic acids is 1. The Morgan fingerprint density at radius 1 is 1.16 bits per heavy atom. The van der Waals surface area contributed by atoms with Gasteiger partial charge in [-0.05, 0) is 56.1 Å². The molecule has 2 aromatic rings. The molecule has 2 bridgehead atoms. The molecule has 25 heavy (non-hydrogen) atoms. The number of methoxy groups -OCH3 is 1. The number of carbonyl (C=O) groups is 1. The van der Waals surface area contributed by atoms with Gasteiger partial charge in [0, 0.05) is 25.2 Å². The number of hydrogen-bond acceptors (Lipinski definition) is 3. The molecular weight excluding hydrogens is 314 g/mol. The minimum absolute atomic E-state index is 0.0161. The van der Waals surface area contributed by atoms with Gasteiger partial charge in [0.1, 0.15) is 11.4 Å². The van der Waals surface area contributed by atoms with E-state index in [0.717, 1.165) is 23.6 Å². The van der Waals surface area contributed by atoms with E-state index in [9.17, 15) is 4.79 Å². The zero-order valence-electron chi connectivity index (χ0n) is 14.9. The summed E-state index contributed by atoms with van der Waals surface area (Å²) in [5, 5.41) is 3.27. The summed E-state index contributed by atoms with van der Waals surface area (Å²) in [6.45, 7) is 3.35. The van der Waals surface area contributed by atoms with E-state index < -0.39 is 0 Å². The zero-order valence-corrected chi connectivity index (χ0v) is 14.9. The third-order valence-corrected chi connectivity index (χ3v) is 5.71. The predicted molar refractivity (Wildman–Crippen MR) is 97.8 cm³/mol. The second-order valence-corrected chi connectivity index (χ2v) is 7.08. The second kappa shape index (κ2) is 6.56. The van der Waals surface area contributed by atoms with Crippen LogP contribution in [-0.2, 0) is 7.05 Å². The zero-order chi connectivity index (χ0) is 17.4. The minimum Gasteiger partial charge on any atom is -0.496 e. The van der Waals surface area contributed by atoms with Crippen LogP contribution in [0.15, 0.2) is 36.4 Å². The molecule has 5 nitrogen and oxygen atoms in total. The number of amides is 1. The van der Waals surface area contributed by atoms with E-state index in [2.05, 4.69) is 10.2 Å². The first kappa shape index (κ1) is 16.2. The minimum atomic E-state index is 0.0161. The molecular formula is C20H25N3O2. The summed E-state index contributed by atoms with van der Waals surface area (Å²) in [5.41, 5.74) is 2.67. The smallest absolute Gasteiger partial charge is 0.268 e. The van der Waals surface area contributed by atoms with Gasteiger partial charge in [-0.3, -0.25) is 4.79 Å². The van der Waals surface area contributed by atoms with Gasteiger partial charge in [-0.15, -0.1) is 0 Å². The number of fused-ring (bicyclic) bond motifs is 3. The van der Waals surface area contributed by atoms with Gasteiger partial charge in [0.05, 0.1) is 12.8 Å². The van der Waals surface area contributed by atoms with Crippen molar-refractivity contribution >= 4 is 5.91 Å². The molecule has 5 rings (SSSR count). The highest BCUT2D eigenvalue weighted by atomic mass is 16.5. The van der Waals surface area contributed by atoms with E-state index in [0.29, 0.717) is 11.6 Å². The Labute approximate surface area is 148 Å². The second-order valence-electron chi connectivity index (χ2n) is 7.08. The Morgan fingerprint density at radius 2 is 1.92 bits per heavy atom.